The molecule has 1 unspecified atom stereocenters. The van der Waals surface area contributed by atoms with E-state index in [0.29, 0.717) is 5.75 Å². The number of aliphatic carboxylic acids is 1. The number of aromatic nitrogens is 1. The number of carbonyl (C=O) groups is 1. The quantitative estimate of drug-likeness (QED) is 0.375. The molecule has 1 aliphatic heterocycles. The molecule has 2 aromatic carbocycles. The maximum absolute atomic E-state index is 12.8. The first kappa shape index (κ1) is 27.9. The van der Waals surface area contributed by atoms with Crippen LogP contribution in [0.3, 0.4) is 0 Å². The van der Waals surface area contributed by atoms with Crippen LogP contribution in [0.4, 0.5) is 0 Å². The molecule has 0 bridgehead atoms. The number of carboxylic acid groups (broad SMARTS) is 1. The zero-order valence-electron chi connectivity index (χ0n) is 21.1. The number of aryl methyl sites for hydroxylation is 1. The van der Waals surface area contributed by atoms with Crippen molar-refractivity contribution in [3.63, 3.8) is 0 Å². The first-order valence-corrected chi connectivity index (χ1v) is 15.3. The first-order valence-electron chi connectivity index (χ1n) is 11.9. The fourth-order valence-electron chi connectivity index (χ4n) is 4.38. The summed E-state index contributed by atoms with van der Waals surface area (Å²) in [6, 6.07) is 14.5. The van der Waals surface area contributed by atoms with Crippen LogP contribution in [0.25, 0.3) is 10.9 Å². The molecule has 2 N–H and O–H groups in total. The van der Waals surface area contributed by atoms with Gasteiger partial charge in [-0.15, -0.1) is 0 Å². The van der Waals surface area contributed by atoms with E-state index in [0.717, 1.165) is 28.4 Å². The summed E-state index contributed by atoms with van der Waals surface area (Å²) in [4.78, 5) is 17.9. The predicted octanol–water partition coefficient (Wildman–Crippen LogP) is 1.43. The normalized spacial score (nSPS) is 16.4. The maximum Gasteiger partial charge on any atom is 0.322 e. The number of pyridine rings is 1. The number of para-hydroxylation sites is 1. The van der Waals surface area contributed by atoms with Crippen LogP contribution in [0.2, 0.25) is 0 Å². The number of ether oxygens (including phenoxy) is 1. The van der Waals surface area contributed by atoms with E-state index in [-0.39, 0.29) is 44.2 Å². The number of rotatable bonds is 10. The Morgan fingerprint density at radius 1 is 1.05 bits per heavy atom. The van der Waals surface area contributed by atoms with Gasteiger partial charge in [0.15, 0.2) is 0 Å². The molecule has 0 aliphatic carbocycles. The lowest BCUT2D eigenvalue weighted by Crippen LogP contribution is -2.56. The van der Waals surface area contributed by atoms with Crippen molar-refractivity contribution in [1.82, 2.24) is 18.9 Å². The number of hydrogen-bond acceptors (Lipinski definition) is 8. The van der Waals surface area contributed by atoms with Crippen molar-refractivity contribution in [3.05, 3.63) is 65.9 Å². The molecule has 204 valence electrons. The van der Waals surface area contributed by atoms with E-state index in [1.165, 1.54) is 16.4 Å². The maximum atomic E-state index is 12.8. The Bertz CT molecular complexity index is 1520. The van der Waals surface area contributed by atoms with E-state index < -0.39 is 32.1 Å². The van der Waals surface area contributed by atoms with Crippen LogP contribution < -0.4 is 9.46 Å². The topological polar surface area (TPSA) is 146 Å². The molecule has 3 aromatic rings. The van der Waals surface area contributed by atoms with Gasteiger partial charge in [-0.05, 0) is 43.3 Å². The molecule has 1 aliphatic rings. The fourth-order valence-corrected chi connectivity index (χ4v) is 6.25. The van der Waals surface area contributed by atoms with E-state index in [1.54, 1.807) is 17.0 Å². The molecule has 13 heteroatoms. The number of piperazine rings is 1. The molecule has 0 spiro atoms. The van der Waals surface area contributed by atoms with Crippen molar-refractivity contribution in [2.24, 2.45) is 0 Å². The van der Waals surface area contributed by atoms with Crippen molar-refractivity contribution in [2.75, 3.05) is 39.0 Å². The van der Waals surface area contributed by atoms with E-state index in [2.05, 4.69) is 9.71 Å². The van der Waals surface area contributed by atoms with Crippen LogP contribution in [-0.4, -0.2) is 87.1 Å². The van der Waals surface area contributed by atoms with Gasteiger partial charge in [0.1, 0.15) is 18.4 Å². The summed E-state index contributed by atoms with van der Waals surface area (Å²) in [5.41, 5.74) is 2.70. The monoisotopic (exact) mass is 562 g/mol. The molecule has 2 heterocycles. The van der Waals surface area contributed by atoms with E-state index in [9.17, 15) is 26.7 Å². The lowest BCUT2D eigenvalue weighted by atomic mass is 10.1. The highest BCUT2D eigenvalue weighted by Gasteiger charge is 2.32. The Kier molecular flexibility index (Phi) is 8.33. The third-order valence-corrected chi connectivity index (χ3v) is 9.14. The Labute approximate surface area is 222 Å². The van der Waals surface area contributed by atoms with Gasteiger partial charge in [-0.2, -0.15) is 4.31 Å². The highest BCUT2D eigenvalue weighted by molar-refractivity contribution is 7.89. The average molecular weight is 563 g/mol. The minimum absolute atomic E-state index is 0.0268. The summed E-state index contributed by atoms with van der Waals surface area (Å²) in [6.45, 7) is 2.49. The van der Waals surface area contributed by atoms with Crippen molar-refractivity contribution in [1.29, 1.82) is 0 Å². The Balaban J connectivity index is 1.37. The van der Waals surface area contributed by atoms with E-state index in [4.69, 9.17) is 4.74 Å². The summed E-state index contributed by atoms with van der Waals surface area (Å²) in [6.07, 6.45) is 1.10. The van der Waals surface area contributed by atoms with Crippen molar-refractivity contribution >= 4 is 36.9 Å². The largest absolute Gasteiger partial charge is 0.489 e. The van der Waals surface area contributed by atoms with Crippen LogP contribution in [0.5, 0.6) is 5.75 Å². The van der Waals surface area contributed by atoms with Gasteiger partial charge in [-0.25, -0.2) is 21.6 Å². The molecule has 38 heavy (non-hydrogen) atoms. The van der Waals surface area contributed by atoms with Crippen molar-refractivity contribution in [3.8, 4) is 5.75 Å². The number of fused-ring (bicyclic) bond motifs is 1. The third-order valence-electron chi connectivity index (χ3n) is 6.39. The van der Waals surface area contributed by atoms with Crippen LogP contribution in [-0.2, 0) is 31.4 Å². The molecule has 1 fully saturated rings. The summed E-state index contributed by atoms with van der Waals surface area (Å²) < 4.78 is 58.6. The van der Waals surface area contributed by atoms with Gasteiger partial charge in [0.2, 0.25) is 20.0 Å². The minimum Gasteiger partial charge on any atom is -0.489 e. The van der Waals surface area contributed by atoms with E-state index >= 15 is 0 Å². The van der Waals surface area contributed by atoms with Crippen LogP contribution in [0, 0.1) is 6.92 Å². The molecule has 11 nitrogen and oxygen atoms in total. The van der Waals surface area contributed by atoms with Crippen LogP contribution in [0.1, 0.15) is 11.3 Å². The first-order chi connectivity index (χ1) is 17.9. The lowest BCUT2D eigenvalue weighted by Gasteiger charge is -2.36. The second kappa shape index (κ2) is 11.3. The third kappa shape index (κ3) is 6.66. The molecule has 0 saturated carbocycles. The number of sulfonamides is 2. The lowest BCUT2D eigenvalue weighted by molar-refractivity contribution is -0.143. The molecule has 4 rings (SSSR count). The van der Waals surface area contributed by atoms with Crippen molar-refractivity contribution in [2.45, 2.75) is 24.5 Å². The standard InChI is InChI=1S/C25H30N4O7S2/c1-18-15-19(22-5-3-4-6-23(22)27-18)17-36-20-7-9-21(10-8-20)38(34,35)26-16-24(25(30)31)28-11-13-29(14-12-28)37(2,32)33/h3-10,15,24,26H,11-14,16-17H2,1-2H3,(H,30,31). The Morgan fingerprint density at radius 2 is 1.71 bits per heavy atom. The second-order valence-corrected chi connectivity index (χ2v) is 12.9. The van der Waals surface area contributed by atoms with Crippen molar-refractivity contribution < 1.29 is 31.5 Å². The Hall–Kier alpha value is -3.10. The molecule has 1 saturated heterocycles. The summed E-state index contributed by atoms with van der Waals surface area (Å²) in [5, 5.41) is 10.6. The fraction of sp³-hybridized carbons (Fsp3) is 0.360. The zero-order chi connectivity index (χ0) is 27.5. The molecule has 0 amide bonds. The molecular weight excluding hydrogens is 532 g/mol. The van der Waals surface area contributed by atoms with Gasteiger partial charge < -0.3 is 9.84 Å². The smallest absolute Gasteiger partial charge is 0.322 e. The van der Waals surface area contributed by atoms with Gasteiger partial charge in [-0.1, -0.05) is 18.2 Å². The molecule has 1 atom stereocenters. The van der Waals surface area contributed by atoms with Crippen LogP contribution in [0.15, 0.2) is 59.5 Å². The van der Waals surface area contributed by atoms with Gasteiger partial charge in [0.05, 0.1) is 16.7 Å². The number of nitrogens with one attached hydrogen (secondary N) is 1. The molecule has 0 radical (unpaired) electrons. The number of hydrogen-bond donors (Lipinski definition) is 2. The van der Waals surface area contributed by atoms with Gasteiger partial charge in [-0.3, -0.25) is 14.7 Å². The van der Waals surface area contributed by atoms with Gasteiger partial charge in [0.25, 0.3) is 0 Å². The number of benzene rings is 2. The zero-order valence-corrected chi connectivity index (χ0v) is 22.7. The molecule has 1 aromatic heterocycles. The minimum atomic E-state index is -3.99. The SMILES string of the molecule is Cc1cc(COc2ccc(S(=O)(=O)NCC(C(=O)O)N3CCN(S(C)(=O)=O)CC3)cc2)c2ccccc2n1. The van der Waals surface area contributed by atoms with E-state index in [1.807, 2.05) is 37.3 Å². The van der Waals surface area contributed by atoms with Gasteiger partial charge >= 0.3 is 5.97 Å². The number of nitrogens with zero attached hydrogens (tertiary/aromatic N) is 3. The predicted molar refractivity (Wildman–Crippen MR) is 142 cm³/mol. The second-order valence-electron chi connectivity index (χ2n) is 9.10. The average Bonchev–Trinajstić information content (AvgIpc) is 2.87. The number of carboxylic acids is 1. The summed E-state index contributed by atoms with van der Waals surface area (Å²) >= 11 is 0. The highest BCUT2D eigenvalue weighted by atomic mass is 32.2. The summed E-state index contributed by atoms with van der Waals surface area (Å²) in [7, 11) is -7.36. The highest BCUT2D eigenvalue weighted by Crippen LogP contribution is 2.22. The summed E-state index contributed by atoms with van der Waals surface area (Å²) in [5.74, 6) is -0.710. The van der Waals surface area contributed by atoms with Gasteiger partial charge in [0, 0.05) is 49.4 Å². The Morgan fingerprint density at radius 3 is 2.34 bits per heavy atom. The van der Waals surface area contributed by atoms with Crippen LogP contribution >= 0.6 is 0 Å². The molecular formula is C25H30N4O7S2.